The second-order valence-corrected chi connectivity index (χ2v) is 14.3. The van der Waals surface area contributed by atoms with Crippen molar-refractivity contribution < 1.29 is 25.9 Å². The SMILES string of the molecule is CCCCc1ccc2c(S(=O)(=O)[O-])cc(CCCC)cc2c1.CCCCc1ccc2c(S(=O)(=O)[O-])cc(CCCC)cc2c1.[Ca+2]. The minimum Gasteiger partial charge on any atom is -0.744 e. The van der Waals surface area contributed by atoms with E-state index in [0.29, 0.717) is 10.8 Å². The molecule has 4 aromatic carbocycles. The van der Waals surface area contributed by atoms with Crippen LogP contribution in [0, 0.1) is 0 Å². The molecule has 45 heavy (non-hydrogen) atoms. The van der Waals surface area contributed by atoms with Crippen LogP contribution in [0.3, 0.4) is 0 Å². The van der Waals surface area contributed by atoms with Crippen molar-refractivity contribution in [3.05, 3.63) is 82.9 Å². The van der Waals surface area contributed by atoms with Gasteiger partial charge in [0.15, 0.2) is 0 Å². The van der Waals surface area contributed by atoms with Crippen molar-refractivity contribution in [3.63, 3.8) is 0 Å². The molecule has 0 aliphatic carbocycles. The fourth-order valence-electron chi connectivity index (χ4n) is 5.42. The van der Waals surface area contributed by atoms with E-state index >= 15 is 0 Å². The van der Waals surface area contributed by atoms with Gasteiger partial charge in [-0.15, -0.1) is 0 Å². The average molecular weight is 679 g/mol. The van der Waals surface area contributed by atoms with Gasteiger partial charge in [-0.3, -0.25) is 0 Å². The molecule has 0 spiro atoms. The largest absolute Gasteiger partial charge is 2.00 e. The summed E-state index contributed by atoms with van der Waals surface area (Å²) in [6.07, 6.45) is 12.0. The summed E-state index contributed by atoms with van der Waals surface area (Å²) < 4.78 is 69.4. The van der Waals surface area contributed by atoms with Crippen molar-refractivity contribution in [2.45, 2.75) is 115 Å². The van der Waals surface area contributed by atoms with E-state index in [-0.39, 0.29) is 47.5 Å². The molecule has 0 saturated heterocycles. The number of benzene rings is 4. The van der Waals surface area contributed by atoms with Crippen molar-refractivity contribution in [1.82, 2.24) is 0 Å². The quantitative estimate of drug-likeness (QED) is 0.0976. The van der Waals surface area contributed by atoms with Crippen molar-refractivity contribution in [2.75, 3.05) is 0 Å². The van der Waals surface area contributed by atoms with Gasteiger partial charge < -0.3 is 9.11 Å². The number of hydrogen-bond acceptors (Lipinski definition) is 6. The van der Waals surface area contributed by atoms with Gasteiger partial charge in [0.25, 0.3) is 0 Å². The molecule has 0 aromatic heterocycles. The van der Waals surface area contributed by atoms with Crippen LogP contribution in [0.2, 0.25) is 0 Å². The monoisotopic (exact) mass is 678 g/mol. The minimum absolute atomic E-state index is 0. The normalized spacial score (nSPS) is 11.7. The molecule has 0 amide bonds. The molecule has 240 valence electrons. The van der Waals surface area contributed by atoms with E-state index in [1.807, 2.05) is 36.4 Å². The van der Waals surface area contributed by atoms with Gasteiger partial charge in [-0.05, 0) is 107 Å². The number of fused-ring (bicyclic) bond motifs is 2. The molecule has 0 fully saturated rings. The Bertz CT molecular complexity index is 1620. The first-order valence-electron chi connectivity index (χ1n) is 15.9. The van der Waals surface area contributed by atoms with Gasteiger partial charge >= 0.3 is 37.7 Å². The Morgan fingerprint density at radius 3 is 1.04 bits per heavy atom. The van der Waals surface area contributed by atoms with Crippen molar-refractivity contribution >= 4 is 79.5 Å². The summed E-state index contributed by atoms with van der Waals surface area (Å²) in [6.45, 7) is 8.47. The van der Waals surface area contributed by atoms with Crippen LogP contribution in [0.25, 0.3) is 21.5 Å². The van der Waals surface area contributed by atoms with E-state index in [9.17, 15) is 25.9 Å². The summed E-state index contributed by atoms with van der Waals surface area (Å²) >= 11 is 0. The van der Waals surface area contributed by atoms with E-state index in [1.165, 1.54) is 11.1 Å². The van der Waals surface area contributed by atoms with Crippen molar-refractivity contribution in [3.8, 4) is 0 Å². The zero-order chi connectivity index (χ0) is 32.3. The fourth-order valence-corrected chi connectivity index (χ4v) is 6.93. The molecule has 4 aromatic rings. The molecule has 0 unspecified atom stereocenters. The van der Waals surface area contributed by atoms with Crippen LogP contribution in [0.15, 0.2) is 70.5 Å². The Morgan fingerprint density at radius 1 is 0.467 bits per heavy atom. The van der Waals surface area contributed by atoms with E-state index in [2.05, 4.69) is 27.7 Å². The standard InChI is InChI=1S/2C18H24O3S.Ca/c2*1-3-5-7-14-9-10-17-16(11-14)12-15(8-6-4-2)13-18(17)22(19,20)21;/h2*9-13H,3-8H2,1-2H3,(H,19,20,21);/q;;+2/p-2. The molecule has 0 aliphatic rings. The number of aryl methyl sites for hydroxylation is 4. The molecule has 0 atom stereocenters. The molecule has 0 bridgehead atoms. The third-order valence-corrected chi connectivity index (χ3v) is 9.65. The predicted molar refractivity (Wildman–Crippen MR) is 184 cm³/mol. The van der Waals surface area contributed by atoms with Crippen molar-refractivity contribution in [1.29, 1.82) is 0 Å². The van der Waals surface area contributed by atoms with Crippen LogP contribution in [0.1, 0.15) is 101 Å². The summed E-state index contributed by atoms with van der Waals surface area (Å²) in [6, 6.07) is 18.6. The zero-order valence-electron chi connectivity index (χ0n) is 27.2. The summed E-state index contributed by atoms with van der Waals surface area (Å²) in [5.41, 5.74) is 4.24. The first kappa shape index (κ1) is 39.7. The van der Waals surface area contributed by atoms with Crippen LogP contribution in [-0.4, -0.2) is 63.7 Å². The third kappa shape index (κ3) is 11.9. The van der Waals surface area contributed by atoms with Crippen LogP contribution in [0.5, 0.6) is 0 Å². The smallest absolute Gasteiger partial charge is 0.744 e. The Hall–Kier alpha value is -1.52. The van der Waals surface area contributed by atoms with Gasteiger partial charge in [0.1, 0.15) is 20.2 Å². The summed E-state index contributed by atoms with van der Waals surface area (Å²) in [5.74, 6) is 0. The minimum atomic E-state index is -4.46. The molecule has 6 nitrogen and oxygen atoms in total. The molecule has 0 radical (unpaired) electrons. The molecule has 9 heteroatoms. The number of rotatable bonds is 14. The maximum atomic E-state index is 11.6. The Morgan fingerprint density at radius 2 is 0.756 bits per heavy atom. The zero-order valence-corrected chi connectivity index (χ0v) is 31.1. The molecular weight excluding hydrogens is 633 g/mol. The van der Waals surface area contributed by atoms with Gasteiger partial charge in [-0.1, -0.05) is 102 Å². The topological polar surface area (TPSA) is 114 Å². The van der Waals surface area contributed by atoms with Gasteiger partial charge in [0.05, 0.1) is 9.79 Å². The van der Waals surface area contributed by atoms with Crippen LogP contribution >= 0.6 is 0 Å². The van der Waals surface area contributed by atoms with Gasteiger partial charge in [-0.2, -0.15) is 0 Å². The Kier molecular flexibility index (Phi) is 16.5. The summed E-state index contributed by atoms with van der Waals surface area (Å²) in [7, 11) is -8.91. The first-order chi connectivity index (χ1) is 20.9. The molecule has 0 heterocycles. The number of hydrogen-bond donors (Lipinski definition) is 0. The van der Waals surface area contributed by atoms with Crippen LogP contribution in [-0.2, 0) is 45.9 Å². The first-order valence-corrected chi connectivity index (χ1v) is 18.8. The third-order valence-electron chi connectivity index (χ3n) is 7.89. The van der Waals surface area contributed by atoms with Gasteiger partial charge in [0, 0.05) is 0 Å². The summed E-state index contributed by atoms with van der Waals surface area (Å²) in [4.78, 5) is -0.170. The molecule has 0 aliphatic heterocycles. The molecule has 0 saturated carbocycles. The Labute approximate surface area is 300 Å². The van der Waals surface area contributed by atoms with E-state index < -0.39 is 20.2 Å². The summed E-state index contributed by atoms with van der Waals surface area (Å²) in [5, 5.41) is 2.79. The van der Waals surface area contributed by atoms with Gasteiger partial charge in [0.2, 0.25) is 0 Å². The Balaban J connectivity index is 0.000000307. The van der Waals surface area contributed by atoms with Crippen LogP contribution < -0.4 is 0 Å². The van der Waals surface area contributed by atoms with Crippen LogP contribution in [0.4, 0.5) is 0 Å². The van der Waals surface area contributed by atoms with Gasteiger partial charge in [-0.25, -0.2) is 16.8 Å². The molecular formula is C36H46CaO6S2. The van der Waals surface area contributed by atoms with E-state index in [0.717, 1.165) is 98.9 Å². The molecule has 4 rings (SSSR count). The maximum Gasteiger partial charge on any atom is 2.00 e. The maximum absolute atomic E-state index is 11.6. The van der Waals surface area contributed by atoms with E-state index in [1.54, 1.807) is 24.3 Å². The second-order valence-electron chi connectivity index (χ2n) is 11.6. The van der Waals surface area contributed by atoms with E-state index in [4.69, 9.17) is 0 Å². The fraction of sp³-hybridized carbons (Fsp3) is 0.444. The average Bonchev–Trinajstić information content (AvgIpc) is 2.98. The predicted octanol–water partition coefficient (Wildman–Crippen LogP) is 8.48. The number of unbranched alkanes of at least 4 members (excludes halogenated alkanes) is 4. The second kappa shape index (κ2) is 18.7. The van der Waals surface area contributed by atoms with Crippen molar-refractivity contribution in [2.24, 2.45) is 0 Å². The molecule has 0 N–H and O–H groups in total.